The molecule has 0 bridgehead atoms. The first-order valence-corrected chi connectivity index (χ1v) is 10.4. The number of thiazole rings is 1. The highest BCUT2D eigenvalue weighted by molar-refractivity contribution is 7.91. The summed E-state index contributed by atoms with van der Waals surface area (Å²) in [6.07, 6.45) is 3.41. The van der Waals surface area contributed by atoms with Crippen LogP contribution in [0.1, 0.15) is 33.1 Å². The number of amides is 1. The van der Waals surface area contributed by atoms with Gasteiger partial charge in [-0.25, -0.2) is 9.29 Å². The van der Waals surface area contributed by atoms with E-state index in [1.54, 1.807) is 5.38 Å². The van der Waals surface area contributed by atoms with Crippen LogP contribution in [0.5, 0.6) is 0 Å². The number of aromatic nitrogens is 1. The molecule has 1 saturated heterocycles. The molecule has 1 fully saturated rings. The Morgan fingerprint density at radius 1 is 1.58 bits per heavy atom. The fraction of sp³-hybridized carbons (Fsp3) is 0.667. The summed E-state index contributed by atoms with van der Waals surface area (Å²) in [5, 5.41) is 15.0. The van der Waals surface area contributed by atoms with Gasteiger partial charge in [0.2, 0.25) is 10.2 Å². The first-order valence-electron chi connectivity index (χ1n) is 8.04. The summed E-state index contributed by atoms with van der Waals surface area (Å²) in [7, 11) is -4.08. The lowest BCUT2D eigenvalue weighted by molar-refractivity contribution is -0.126. The van der Waals surface area contributed by atoms with Crippen molar-refractivity contribution < 1.29 is 18.3 Å². The van der Waals surface area contributed by atoms with Gasteiger partial charge in [0.05, 0.1) is 18.6 Å². The molecule has 1 unspecified atom stereocenters. The van der Waals surface area contributed by atoms with Gasteiger partial charge in [-0.1, -0.05) is 13.8 Å². The van der Waals surface area contributed by atoms with Gasteiger partial charge in [-0.2, -0.15) is 8.42 Å². The highest BCUT2D eigenvalue weighted by Gasteiger charge is 2.40. The van der Waals surface area contributed by atoms with Crippen molar-refractivity contribution in [2.75, 3.05) is 13.1 Å². The SMILES string of the molecule is CC(C)C[CH]C(=O)N(C1CCCNC[C@@H]1O)S(=O)(=O)c1nccs1. The molecule has 7 nitrogen and oxygen atoms in total. The van der Waals surface area contributed by atoms with Gasteiger partial charge in [0.25, 0.3) is 10.0 Å². The lowest BCUT2D eigenvalue weighted by atomic mass is 10.0. The Bertz CT molecular complexity index is 631. The topological polar surface area (TPSA) is 99.6 Å². The monoisotopic (exact) mass is 374 g/mol. The van der Waals surface area contributed by atoms with Crippen molar-refractivity contribution in [3.05, 3.63) is 18.0 Å². The van der Waals surface area contributed by atoms with Gasteiger partial charge in [-0.3, -0.25) is 4.79 Å². The van der Waals surface area contributed by atoms with E-state index in [2.05, 4.69) is 10.3 Å². The van der Waals surface area contributed by atoms with Gasteiger partial charge >= 0.3 is 0 Å². The number of rotatable bonds is 6. The molecule has 1 aliphatic heterocycles. The maximum Gasteiger partial charge on any atom is 0.294 e. The van der Waals surface area contributed by atoms with E-state index in [9.17, 15) is 18.3 Å². The number of aliphatic hydroxyl groups excluding tert-OH is 1. The second-order valence-electron chi connectivity index (χ2n) is 6.25. The number of sulfonamides is 1. The number of nitrogens with one attached hydrogen (secondary N) is 1. The summed E-state index contributed by atoms with van der Waals surface area (Å²) in [5.41, 5.74) is 0. The van der Waals surface area contributed by atoms with Gasteiger partial charge in [-0.05, 0) is 31.7 Å². The lowest BCUT2D eigenvalue weighted by Gasteiger charge is -2.32. The summed E-state index contributed by atoms with van der Waals surface area (Å²) in [4.78, 5) is 16.5. The summed E-state index contributed by atoms with van der Waals surface area (Å²) < 4.78 is 26.6. The van der Waals surface area contributed by atoms with Crippen LogP contribution in [0.25, 0.3) is 0 Å². The highest BCUT2D eigenvalue weighted by atomic mass is 32.2. The Balaban J connectivity index is 2.35. The molecular formula is C15H24N3O4S2. The van der Waals surface area contributed by atoms with Crippen LogP contribution in [0.15, 0.2) is 15.9 Å². The molecule has 24 heavy (non-hydrogen) atoms. The molecule has 0 spiro atoms. The molecule has 9 heteroatoms. The van der Waals surface area contributed by atoms with Crippen LogP contribution in [-0.2, 0) is 14.8 Å². The van der Waals surface area contributed by atoms with Crippen LogP contribution in [0.3, 0.4) is 0 Å². The second-order valence-corrected chi connectivity index (χ2v) is 9.14. The van der Waals surface area contributed by atoms with Crippen LogP contribution >= 0.6 is 11.3 Å². The quantitative estimate of drug-likeness (QED) is 0.771. The fourth-order valence-electron chi connectivity index (χ4n) is 2.60. The van der Waals surface area contributed by atoms with E-state index in [-0.39, 0.29) is 16.8 Å². The average molecular weight is 375 g/mol. The Morgan fingerprint density at radius 3 is 2.96 bits per heavy atom. The molecule has 1 aromatic heterocycles. The van der Waals surface area contributed by atoms with Crippen molar-refractivity contribution in [3.63, 3.8) is 0 Å². The average Bonchev–Trinajstić information content (AvgIpc) is 2.99. The third-order valence-electron chi connectivity index (χ3n) is 3.82. The molecule has 1 aromatic rings. The predicted octanol–water partition coefficient (Wildman–Crippen LogP) is 1.02. The molecule has 1 aliphatic rings. The van der Waals surface area contributed by atoms with Crippen molar-refractivity contribution >= 4 is 27.3 Å². The minimum Gasteiger partial charge on any atom is -0.390 e. The van der Waals surface area contributed by atoms with E-state index >= 15 is 0 Å². The number of aliphatic hydroxyl groups is 1. The molecular weight excluding hydrogens is 350 g/mol. The molecule has 2 N–H and O–H groups in total. The molecule has 0 aromatic carbocycles. The zero-order valence-corrected chi connectivity index (χ0v) is 15.5. The molecule has 2 rings (SSSR count). The Labute approximate surface area is 147 Å². The van der Waals surface area contributed by atoms with Crippen LogP contribution < -0.4 is 5.32 Å². The van der Waals surface area contributed by atoms with Crippen molar-refractivity contribution in [1.29, 1.82) is 0 Å². The maximum absolute atomic E-state index is 12.9. The van der Waals surface area contributed by atoms with Crippen molar-refractivity contribution in [2.45, 2.75) is 49.6 Å². The predicted molar refractivity (Wildman–Crippen MR) is 91.8 cm³/mol. The van der Waals surface area contributed by atoms with Crippen LogP contribution in [-0.4, -0.2) is 54.0 Å². The largest absolute Gasteiger partial charge is 0.390 e. The number of carbonyl (C=O) groups excluding carboxylic acids is 1. The fourth-order valence-corrected chi connectivity index (χ4v) is 5.13. The maximum atomic E-state index is 12.9. The van der Waals surface area contributed by atoms with Gasteiger partial charge in [-0.15, -0.1) is 11.3 Å². The molecule has 2 atom stereocenters. The smallest absolute Gasteiger partial charge is 0.294 e. The zero-order valence-electron chi connectivity index (χ0n) is 13.9. The number of nitrogens with zero attached hydrogens (tertiary/aromatic N) is 2. The highest BCUT2D eigenvalue weighted by Crippen LogP contribution is 2.26. The van der Waals surface area contributed by atoms with E-state index in [4.69, 9.17) is 0 Å². The van der Waals surface area contributed by atoms with E-state index in [0.717, 1.165) is 15.6 Å². The summed E-state index contributed by atoms with van der Waals surface area (Å²) >= 11 is 0.966. The van der Waals surface area contributed by atoms with E-state index in [0.29, 0.717) is 25.8 Å². The molecule has 1 radical (unpaired) electrons. The summed E-state index contributed by atoms with van der Waals surface area (Å²) in [6.45, 7) is 4.84. The third kappa shape index (κ3) is 4.53. The minimum atomic E-state index is -4.08. The van der Waals surface area contributed by atoms with Crippen molar-refractivity contribution in [1.82, 2.24) is 14.6 Å². The van der Waals surface area contributed by atoms with Gasteiger partial charge in [0.15, 0.2) is 0 Å². The minimum absolute atomic E-state index is 0.127. The first-order chi connectivity index (χ1) is 11.3. The summed E-state index contributed by atoms with van der Waals surface area (Å²) in [6, 6.07) is -0.787. The number of hydrogen-bond acceptors (Lipinski definition) is 7. The number of carbonyl (C=O) groups is 1. The zero-order chi connectivity index (χ0) is 17.7. The van der Waals surface area contributed by atoms with E-state index < -0.39 is 28.1 Å². The van der Waals surface area contributed by atoms with Crippen LogP contribution in [0.2, 0.25) is 0 Å². The Morgan fingerprint density at radius 2 is 2.33 bits per heavy atom. The van der Waals surface area contributed by atoms with Crippen molar-refractivity contribution in [3.8, 4) is 0 Å². The van der Waals surface area contributed by atoms with Gasteiger partial charge < -0.3 is 10.4 Å². The van der Waals surface area contributed by atoms with Crippen LogP contribution in [0, 0.1) is 12.3 Å². The van der Waals surface area contributed by atoms with E-state index in [1.807, 2.05) is 13.8 Å². The van der Waals surface area contributed by atoms with E-state index in [1.165, 1.54) is 12.6 Å². The molecule has 0 saturated carbocycles. The normalized spacial score (nSPS) is 22.3. The molecule has 2 heterocycles. The van der Waals surface area contributed by atoms with Crippen molar-refractivity contribution in [2.24, 2.45) is 5.92 Å². The second kappa shape index (κ2) is 8.37. The molecule has 135 valence electrons. The lowest BCUT2D eigenvalue weighted by Crippen LogP contribution is -2.51. The van der Waals surface area contributed by atoms with Crippen LogP contribution in [0.4, 0.5) is 0 Å². The summed E-state index contributed by atoms with van der Waals surface area (Å²) in [5.74, 6) is -0.357. The Hall–Kier alpha value is -1.03. The number of β-amino-alcohol motifs (C(OH)–C–C–N with tert-alkyl or cyclic N) is 1. The Kier molecular flexibility index (Phi) is 6.73. The third-order valence-corrected chi connectivity index (χ3v) is 6.82. The first kappa shape index (κ1) is 19.3. The molecule has 0 aliphatic carbocycles. The van der Waals surface area contributed by atoms with Gasteiger partial charge in [0.1, 0.15) is 0 Å². The molecule has 1 amide bonds. The number of hydrogen-bond donors (Lipinski definition) is 2. The van der Waals surface area contributed by atoms with Gasteiger partial charge in [0, 0.05) is 18.1 Å². The standard InChI is InChI=1S/C15H24N3O4S2/c1-11(2)5-6-14(20)18(12-4-3-7-16-10-13(12)19)24(21,22)15-17-8-9-23-15/h6,8-9,11-13,16,19H,3-5,7,10H2,1-2H3/t12?,13-/m0/s1.